The minimum Gasteiger partial charge on any atom is -0.549 e. The van der Waals surface area contributed by atoms with E-state index in [0.717, 1.165) is 5.56 Å². The van der Waals surface area contributed by atoms with E-state index in [9.17, 15) is 9.90 Å². The fourth-order valence-electron chi connectivity index (χ4n) is 2.32. The van der Waals surface area contributed by atoms with Crippen molar-refractivity contribution in [2.24, 2.45) is 0 Å². The van der Waals surface area contributed by atoms with Gasteiger partial charge in [0.2, 0.25) is 6.79 Å². The molecule has 0 amide bonds. The molecule has 2 aromatic carbocycles. The summed E-state index contributed by atoms with van der Waals surface area (Å²) < 4.78 is 10.5. The molecule has 102 valence electrons. The average molecular weight is 269 g/mol. The summed E-state index contributed by atoms with van der Waals surface area (Å²) in [7, 11) is 0. The van der Waals surface area contributed by atoms with Crippen molar-refractivity contribution in [2.75, 3.05) is 6.79 Å². The smallest absolute Gasteiger partial charge is 0.231 e. The Morgan fingerprint density at radius 2 is 1.85 bits per heavy atom. The predicted molar refractivity (Wildman–Crippen MR) is 70.5 cm³/mol. The lowest BCUT2D eigenvalue weighted by Gasteiger charge is -2.19. The highest BCUT2D eigenvalue weighted by Gasteiger charge is 2.19. The number of hydrogen-bond acceptors (Lipinski definition) is 4. The summed E-state index contributed by atoms with van der Waals surface area (Å²) in [4.78, 5) is 11.4. The van der Waals surface area contributed by atoms with E-state index in [2.05, 4.69) is 0 Å². The van der Waals surface area contributed by atoms with Crippen LogP contribution in [0.2, 0.25) is 0 Å². The standard InChI is InChI=1S/C16H14O4/c17-16(18)13(8-11-4-2-1-3-5-11)12-6-7-14-15(9-12)20-10-19-14/h1-7,9,13H,8,10H2,(H,17,18)/p-1. The molecule has 20 heavy (non-hydrogen) atoms. The molecule has 3 rings (SSSR count). The predicted octanol–water partition coefficient (Wildman–Crippen LogP) is 1.49. The van der Waals surface area contributed by atoms with Gasteiger partial charge in [0.25, 0.3) is 0 Å². The molecule has 0 fully saturated rings. The van der Waals surface area contributed by atoms with Crippen molar-refractivity contribution >= 4 is 5.97 Å². The van der Waals surface area contributed by atoms with Gasteiger partial charge in [-0.05, 0) is 29.7 Å². The zero-order valence-electron chi connectivity index (χ0n) is 10.7. The number of carboxylic acid groups (broad SMARTS) is 1. The first-order valence-electron chi connectivity index (χ1n) is 6.38. The first-order valence-corrected chi connectivity index (χ1v) is 6.38. The summed E-state index contributed by atoms with van der Waals surface area (Å²) in [6, 6.07) is 14.7. The fourth-order valence-corrected chi connectivity index (χ4v) is 2.32. The van der Waals surface area contributed by atoms with Crippen molar-refractivity contribution in [2.45, 2.75) is 12.3 Å². The van der Waals surface area contributed by atoms with E-state index in [4.69, 9.17) is 9.47 Å². The Labute approximate surface area is 116 Å². The number of rotatable bonds is 4. The summed E-state index contributed by atoms with van der Waals surface area (Å²) in [5, 5.41) is 11.4. The van der Waals surface area contributed by atoms with Gasteiger partial charge in [0, 0.05) is 11.9 Å². The zero-order valence-corrected chi connectivity index (χ0v) is 10.7. The van der Waals surface area contributed by atoms with Gasteiger partial charge in [-0.2, -0.15) is 0 Å². The van der Waals surface area contributed by atoms with E-state index >= 15 is 0 Å². The Balaban J connectivity index is 1.89. The first kappa shape index (κ1) is 12.5. The molecule has 0 bridgehead atoms. The van der Waals surface area contributed by atoms with Crippen molar-refractivity contribution in [1.29, 1.82) is 0 Å². The number of ether oxygens (including phenoxy) is 2. The average Bonchev–Trinajstić information content (AvgIpc) is 2.93. The van der Waals surface area contributed by atoms with Crippen LogP contribution in [0.4, 0.5) is 0 Å². The summed E-state index contributed by atoms with van der Waals surface area (Å²) in [5.41, 5.74) is 1.62. The van der Waals surface area contributed by atoms with Crippen molar-refractivity contribution in [3.05, 3.63) is 59.7 Å². The van der Waals surface area contributed by atoms with Crippen LogP contribution in [0.15, 0.2) is 48.5 Å². The Bertz CT molecular complexity index is 622. The second-order valence-corrected chi connectivity index (χ2v) is 4.67. The molecular formula is C16H13O4-. The highest BCUT2D eigenvalue weighted by atomic mass is 16.7. The Kier molecular flexibility index (Phi) is 3.29. The first-order chi connectivity index (χ1) is 9.74. The normalized spacial score (nSPS) is 14.0. The van der Waals surface area contributed by atoms with Crippen molar-refractivity contribution in [3.8, 4) is 11.5 Å². The topological polar surface area (TPSA) is 58.6 Å². The fraction of sp³-hybridized carbons (Fsp3) is 0.188. The maximum absolute atomic E-state index is 11.4. The summed E-state index contributed by atoms with van der Waals surface area (Å²) in [6.07, 6.45) is 0.392. The van der Waals surface area contributed by atoms with Gasteiger partial charge in [-0.1, -0.05) is 36.4 Å². The van der Waals surface area contributed by atoms with Gasteiger partial charge >= 0.3 is 0 Å². The van der Waals surface area contributed by atoms with Gasteiger partial charge in [0.05, 0.1) is 0 Å². The van der Waals surface area contributed by atoms with Gasteiger partial charge in [0.1, 0.15) is 0 Å². The molecule has 2 aromatic rings. The van der Waals surface area contributed by atoms with E-state index in [0.29, 0.717) is 23.5 Å². The van der Waals surface area contributed by atoms with Crippen LogP contribution in [0, 0.1) is 0 Å². The van der Waals surface area contributed by atoms with E-state index < -0.39 is 11.9 Å². The third-order valence-corrected chi connectivity index (χ3v) is 3.37. The van der Waals surface area contributed by atoms with Crippen LogP contribution >= 0.6 is 0 Å². The molecule has 1 aliphatic heterocycles. The Hall–Kier alpha value is -2.49. The van der Waals surface area contributed by atoms with Crippen LogP contribution in [0.5, 0.6) is 11.5 Å². The number of aliphatic carboxylic acids is 1. The quantitative estimate of drug-likeness (QED) is 0.843. The highest BCUT2D eigenvalue weighted by molar-refractivity contribution is 5.75. The number of benzene rings is 2. The molecule has 0 radical (unpaired) electrons. The number of hydrogen-bond donors (Lipinski definition) is 0. The molecule has 0 saturated carbocycles. The van der Waals surface area contributed by atoms with Gasteiger partial charge in [-0.15, -0.1) is 0 Å². The van der Waals surface area contributed by atoms with Crippen LogP contribution in [-0.2, 0) is 11.2 Å². The molecule has 0 N–H and O–H groups in total. The van der Waals surface area contributed by atoms with Crippen LogP contribution in [0.25, 0.3) is 0 Å². The lowest BCUT2D eigenvalue weighted by molar-refractivity contribution is -0.308. The SMILES string of the molecule is O=C([O-])C(Cc1ccccc1)c1ccc2c(c1)OCO2. The van der Waals surface area contributed by atoms with E-state index in [1.807, 2.05) is 30.3 Å². The minimum atomic E-state index is -1.09. The van der Waals surface area contributed by atoms with Crippen LogP contribution in [-0.4, -0.2) is 12.8 Å². The molecule has 0 aliphatic carbocycles. The molecular weight excluding hydrogens is 256 g/mol. The van der Waals surface area contributed by atoms with E-state index in [-0.39, 0.29) is 6.79 Å². The maximum Gasteiger partial charge on any atom is 0.231 e. The number of carbonyl (C=O) groups excluding carboxylic acids is 1. The van der Waals surface area contributed by atoms with Crippen molar-refractivity contribution < 1.29 is 19.4 Å². The lowest BCUT2D eigenvalue weighted by atomic mass is 9.92. The van der Waals surface area contributed by atoms with Gasteiger partial charge in [-0.25, -0.2) is 0 Å². The van der Waals surface area contributed by atoms with Gasteiger partial charge in [-0.3, -0.25) is 0 Å². The molecule has 1 heterocycles. The molecule has 4 nitrogen and oxygen atoms in total. The van der Waals surface area contributed by atoms with E-state index in [1.54, 1.807) is 18.2 Å². The molecule has 4 heteroatoms. The number of fused-ring (bicyclic) bond motifs is 1. The number of carboxylic acids is 1. The summed E-state index contributed by atoms with van der Waals surface area (Å²) >= 11 is 0. The lowest BCUT2D eigenvalue weighted by Crippen LogP contribution is -2.31. The van der Waals surface area contributed by atoms with Crippen molar-refractivity contribution in [1.82, 2.24) is 0 Å². The van der Waals surface area contributed by atoms with Crippen molar-refractivity contribution in [3.63, 3.8) is 0 Å². The van der Waals surface area contributed by atoms with Crippen LogP contribution in [0.3, 0.4) is 0 Å². The Morgan fingerprint density at radius 1 is 1.10 bits per heavy atom. The molecule has 1 aliphatic rings. The van der Waals surface area contributed by atoms with E-state index in [1.165, 1.54) is 0 Å². The summed E-state index contributed by atoms with van der Waals surface area (Å²) in [5.74, 6) is -0.563. The van der Waals surface area contributed by atoms with Crippen LogP contribution < -0.4 is 14.6 Å². The number of carbonyl (C=O) groups is 1. The largest absolute Gasteiger partial charge is 0.549 e. The van der Waals surface area contributed by atoms with Gasteiger partial charge < -0.3 is 19.4 Å². The van der Waals surface area contributed by atoms with Crippen LogP contribution in [0.1, 0.15) is 17.0 Å². The maximum atomic E-state index is 11.4. The molecule has 1 atom stereocenters. The molecule has 0 spiro atoms. The molecule has 1 unspecified atom stereocenters. The minimum absolute atomic E-state index is 0.174. The molecule has 0 aromatic heterocycles. The Morgan fingerprint density at radius 3 is 2.60 bits per heavy atom. The second kappa shape index (κ2) is 5.25. The third-order valence-electron chi connectivity index (χ3n) is 3.37. The highest BCUT2D eigenvalue weighted by Crippen LogP contribution is 2.35. The monoisotopic (exact) mass is 269 g/mol. The third kappa shape index (κ3) is 2.45. The zero-order chi connectivity index (χ0) is 13.9. The second-order valence-electron chi connectivity index (χ2n) is 4.67. The van der Waals surface area contributed by atoms with Gasteiger partial charge in [0.15, 0.2) is 11.5 Å². The summed E-state index contributed by atoms with van der Waals surface area (Å²) in [6.45, 7) is 0.174. The molecule has 0 saturated heterocycles.